The molecule has 0 aromatic rings. The van der Waals surface area contributed by atoms with Crippen molar-refractivity contribution in [2.24, 2.45) is 5.92 Å². The predicted octanol–water partition coefficient (Wildman–Crippen LogP) is 3.52. The van der Waals surface area contributed by atoms with Crippen molar-refractivity contribution >= 4 is 0 Å². The number of likely N-dealkylation sites (N-methyl/N-ethyl adjacent to an activating group) is 1. The van der Waals surface area contributed by atoms with Gasteiger partial charge in [0.2, 0.25) is 0 Å². The number of nitrogens with one attached hydrogen (secondary N) is 1. The fraction of sp³-hybridized carbons (Fsp3) is 1.00. The van der Waals surface area contributed by atoms with Gasteiger partial charge in [0.25, 0.3) is 0 Å². The SMILES string of the molecule is CCCCCC(C)NC(CC(C)C)CN(C)C. The van der Waals surface area contributed by atoms with Crippen molar-refractivity contribution in [1.29, 1.82) is 0 Å². The standard InChI is InChI=1S/C15H34N2/c1-7-8-9-10-14(4)16-15(11-13(2)3)12-17(5)6/h13-16H,7-12H2,1-6H3. The summed E-state index contributed by atoms with van der Waals surface area (Å²) in [6.07, 6.45) is 6.64. The molecular weight excluding hydrogens is 208 g/mol. The van der Waals surface area contributed by atoms with Gasteiger partial charge in [0.1, 0.15) is 0 Å². The molecule has 0 heterocycles. The third-order valence-electron chi connectivity index (χ3n) is 3.10. The van der Waals surface area contributed by atoms with Crippen molar-refractivity contribution in [3.05, 3.63) is 0 Å². The molecule has 0 amide bonds. The number of hydrogen-bond donors (Lipinski definition) is 1. The minimum absolute atomic E-state index is 0.640. The van der Waals surface area contributed by atoms with E-state index in [4.69, 9.17) is 0 Å². The largest absolute Gasteiger partial charge is 0.310 e. The van der Waals surface area contributed by atoms with Crippen LogP contribution < -0.4 is 5.32 Å². The van der Waals surface area contributed by atoms with Crippen LogP contribution in [0, 0.1) is 5.92 Å². The summed E-state index contributed by atoms with van der Waals surface area (Å²) in [5, 5.41) is 3.80. The Morgan fingerprint density at radius 2 is 1.71 bits per heavy atom. The van der Waals surface area contributed by atoms with Gasteiger partial charge in [0.15, 0.2) is 0 Å². The molecular formula is C15H34N2. The zero-order valence-corrected chi connectivity index (χ0v) is 12.9. The van der Waals surface area contributed by atoms with Crippen LogP contribution >= 0.6 is 0 Å². The van der Waals surface area contributed by atoms with Crippen LogP contribution in [0.25, 0.3) is 0 Å². The van der Waals surface area contributed by atoms with E-state index < -0.39 is 0 Å². The van der Waals surface area contributed by atoms with Crippen LogP contribution in [0.2, 0.25) is 0 Å². The third-order valence-corrected chi connectivity index (χ3v) is 3.10. The smallest absolute Gasteiger partial charge is 0.0199 e. The third kappa shape index (κ3) is 10.8. The minimum atomic E-state index is 0.640. The molecule has 0 saturated carbocycles. The summed E-state index contributed by atoms with van der Waals surface area (Å²) in [5.41, 5.74) is 0. The summed E-state index contributed by atoms with van der Waals surface area (Å²) in [6, 6.07) is 1.30. The van der Waals surface area contributed by atoms with Crippen molar-refractivity contribution in [2.45, 2.75) is 71.9 Å². The lowest BCUT2D eigenvalue weighted by Gasteiger charge is -2.27. The highest BCUT2D eigenvalue weighted by Gasteiger charge is 2.14. The van der Waals surface area contributed by atoms with Crippen LogP contribution in [0.15, 0.2) is 0 Å². The highest BCUT2D eigenvalue weighted by Crippen LogP contribution is 2.09. The monoisotopic (exact) mass is 242 g/mol. The van der Waals surface area contributed by atoms with Crippen LogP contribution in [-0.4, -0.2) is 37.6 Å². The first-order valence-corrected chi connectivity index (χ1v) is 7.36. The first kappa shape index (κ1) is 16.9. The molecule has 0 saturated heterocycles. The molecule has 0 spiro atoms. The Morgan fingerprint density at radius 3 is 2.18 bits per heavy atom. The summed E-state index contributed by atoms with van der Waals surface area (Å²) in [7, 11) is 4.33. The average molecular weight is 242 g/mol. The molecule has 0 aromatic carbocycles. The van der Waals surface area contributed by atoms with Gasteiger partial charge < -0.3 is 10.2 Å². The van der Waals surface area contributed by atoms with Crippen molar-refractivity contribution in [3.8, 4) is 0 Å². The first-order valence-electron chi connectivity index (χ1n) is 7.36. The maximum Gasteiger partial charge on any atom is 0.0199 e. The summed E-state index contributed by atoms with van der Waals surface area (Å²) < 4.78 is 0. The first-order chi connectivity index (χ1) is 7.95. The van der Waals surface area contributed by atoms with Gasteiger partial charge >= 0.3 is 0 Å². The molecule has 0 bridgehead atoms. The second-order valence-corrected chi connectivity index (χ2v) is 6.15. The normalized spacial score (nSPS) is 15.5. The predicted molar refractivity (Wildman–Crippen MR) is 78.5 cm³/mol. The Labute approximate surface area is 109 Å². The van der Waals surface area contributed by atoms with E-state index in [2.05, 4.69) is 52.0 Å². The van der Waals surface area contributed by atoms with E-state index in [-0.39, 0.29) is 0 Å². The Bertz CT molecular complexity index is 156. The lowest BCUT2D eigenvalue weighted by atomic mass is 10.0. The van der Waals surface area contributed by atoms with E-state index in [0.29, 0.717) is 12.1 Å². The molecule has 0 aliphatic heterocycles. The Hall–Kier alpha value is -0.0800. The van der Waals surface area contributed by atoms with Gasteiger partial charge in [-0.3, -0.25) is 0 Å². The number of nitrogens with zero attached hydrogens (tertiary/aromatic N) is 1. The van der Waals surface area contributed by atoms with Crippen LogP contribution in [0.4, 0.5) is 0 Å². The quantitative estimate of drug-likeness (QED) is 0.590. The van der Waals surface area contributed by atoms with E-state index in [1.807, 2.05) is 0 Å². The van der Waals surface area contributed by atoms with Gasteiger partial charge in [-0.2, -0.15) is 0 Å². The fourth-order valence-electron chi connectivity index (χ4n) is 2.39. The molecule has 2 unspecified atom stereocenters. The Balaban J connectivity index is 3.94. The molecule has 0 fully saturated rings. The van der Waals surface area contributed by atoms with Crippen molar-refractivity contribution in [1.82, 2.24) is 10.2 Å². The van der Waals surface area contributed by atoms with Crippen molar-refractivity contribution in [2.75, 3.05) is 20.6 Å². The molecule has 0 radical (unpaired) electrons. The molecule has 0 aliphatic carbocycles. The molecule has 2 atom stereocenters. The van der Waals surface area contributed by atoms with Crippen LogP contribution in [0.5, 0.6) is 0 Å². The molecule has 0 aliphatic rings. The zero-order chi connectivity index (χ0) is 13.3. The molecule has 2 heteroatoms. The molecule has 0 rings (SSSR count). The van der Waals surface area contributed by atoms with Crippen molar-refractivity contribution in [3.63, 3.8) is 0 Å². The minimum Gasteiger partial charge on any atom is -0.310 e. The van der Waals surface area contributed by atoms with E-state index in [1.165, 1.54) is 32.1 Å². The maximum absolute atomic E-state index is 3.80. The zero-order valence-electron chi connectivity index (χ0n) is 12.9. The van der Waals surface area contributed by atoms with Crippen molar-refractivity contribution < 1.29 is 0 Å². The van der Waals surface area contributed by atoms with Gasteiger partial charge in [-0.05, 0) is 39.8 Å². The van der Waals surface area contributed by atoms with Gasteiger partial charge in [0.05, 0.1) is 0 Å². The average Bonchev–Trinajstić information content (AvgIpc) is 2.15. The number of hydrogen-bond acceptors (Lipinski definition) is 2. The summed E-state index contributed by atoms with van der Waals surface area (Å²) in [4.78, 5) is 2.29. The molecule has 0 aromatic heterocycles. The Morgan fingerprint density at radius 1 is 1.06 bits per heavy atom. The van der Waals surface area contributed by atoms with E-state index in [9.17, 15) is 0 Å². The van der Waals surface area contributed by atoms with E-state index in [1.54, 1.807) is 0 Å². The topological polar surface area (TPSA) is 15.3 Å². The number of unbranched alkanes of at least 4 members (excludes halogenated alkanes) is 2. The van der Waals surface area contributed by atoms with Crippen LogP contribution in [0.3, 0.4) is 0 Å². The summed E-state index contributed by atoms with van der Waals surface area (Å²) >= 11 is 0. The maximum atomic E-state index is 3.80. The summed E-state index contributed by atoms with van der Waals surface area (Å²) in [6.45, 7) is 10.4. The molecule has 104 valence electrons. The fourth-order valence-corrected chi connectivity index (χ4v) is 2.39. The van der Waals surface area contributed by atoms with E-state index >= 15 is 0 Å². The second-order valence-electron chi connectivity index (χ2n) is 6.15. The second kappa shape index (κ2) is 9.90. The molecule has 1 N–H and O–H groups in total. The van der Waals surface area contributed by atoms with Crippen LogP contribution in [-0.2, 0) is 0 Å². The van der Waals surface area contributed by atoms with Gasteiger partial charge in [-0.25, -0.2) is 0 Å². The highest BCUT2D eigenvalue weighted by atomic mass is 15.1. The van der Waals surface area contributed by atoms with Gasteiger partial charge in [-0.15, -0.1) is 0 Å². The van der Waals surface area contributed by atoms with Crippen LogP contribution in [0.1, 0.15) is 59.8 Å². The van der Waals surface area contributed by atoms with E-state index in [0.717, 1.165) is 12.5 Å². The number of rotatable bonds is 10. The molecule has 2 nitrogen and oxygen atoms in total. The lowest BCUT2D eigenvalue weighted by Crippen LogP contribution is -2.43. The molecule has 17 heavy (non-hydrogen) atoms. The van der Waals surface area contributed by atoms with Gasteiger partial charge in [0, 0.05) is 18.6 Å². The van der Waals surface area contributed by atoms with Gasteiger partial charge in [-0.1, -0.05) is 40.0 Å². The Kier molecular flexibility index (Phi) is 9.85. The highest BCUT2D eigenvalue weighted by molar-refractivity contribution is 4.75. The lowest BCUT2D eigenvalue weighted by molar-refractivity contribution is 0.284. The summed E-state index contributed by atoms with van der Waals surface area (Å²) in [5.74, 6) is 0.773.